The lowest BCUT2D eigenvalue weighted by molar-refractivity contribution is -0.160. The number of anilines is 1. The number of nitrogens with zero attached hydrogens (tertiary/aromatic N) is 3. The van der Waals surface area contributed by atoms with Crippen molar-refractivity contribution in [1.82, 2.24) is 9.88 Å². The number of carboxylic acid groups (broad SMARTS) is 1. The molecule has 1 fully saturated rings. The van der Waals surface area contributed by atoms with E-state index in [4.69, 9.17) is 14.5 Å². The van der Waals surface area contributed by atoms with E-state index in [0.717, 1.165) is 61.4 Å². The van der Waals surface area contributed by atoms with Gasteiger partial charge >= 0.3 is 5.97 Å². The molecule has 2 aliphatic heterocycles. The molecule has 0 radical (unpaired) electrons. The van der Waals surface area contributed by atoms with E-state index in [0.29, 0.717) is 35.7 Å². The van der Waals surface area contributed by atoms with Crippen molar-refractivity contribution in [1.29, 1.82) is 0 Å². The number of pyridine rings is 1. The fraction of sp³-hybridized carbons (Fsp3) is 0.514. The number of aromatic nitrogens is 1. The quantitative estimate of drug-likeness (QED) is 0.278. The maximum atomic E-state index is 14.7. The first-order valence-corrected chi connectivity index (χ1v) is 16.0. The summed E-state index contributed by atoms with van der Waals surface area (Å²) in [6.45, 7) is 17.8. The molecule has 2 aromatic carbocycles. The van der Waals surface area contributed by atoms with Crippen molar-refractivity contribution in [3.8, 4) is 16.9 Å². The Morgan fingerprint density at radius 1 is 1.07 bits per heavy atom. The summed E-state index contributed by atoms with van der Waals surface area (Å²) in [6.07, 6.45) is 1.69. The van der Waals surface area contributed by atoms with Gasteiger partial charge in [-0.05, 0) is 88.1 Å². The van der Waals surface area contributed by atoms with Crippen LogP contribution < -0.4 is 9.64 Å². The van der Waals surface area contributed by atoms with E-state index >= 15 is 0 Å². The second-order valence-electron chi connectivity index (χ2n) is 14.4. The molecule has 0 aliphatic carbocycles. The van der Waals surface area contributed by atoms with E-state index in [1.165, 1.54) is 17.2 Å². The van der Waals surface area contributed by atoms with Crippen LogP contribution in [0.15, 0.2) is 36.4 Å². The summed E-state index contributed by atoms with van der Waals surface area (Å²) in [6, 6.07) is 11.5. The average Bonchev–Trinajstić information content (AvgIpc) is 2.96. The number of benzene rings is 2. The van der Waals surface area contributed by atoms with Gasteiger partial charge in [0.1, 0.15) is 11.6 Å². The van der Waals surface area contributed by atoms with Crippen LogP contribution in [-0.4, -0.2) is 53.3 Å². The molecular weight excluding hydrogens is 569 g/mol. The molecule has 0 bridgehead atoms. The number of fused-ring (bicyclic) bond motifs is 1. The van der Waals surface area contributed by atoms with Gasteiger partial charge in [0.05, 0.1) is 18.4 Å². The minimum Gasteiger partial charge on any atom is -0.496 e. The Labute approximate surface area is 267 Å². The number of hydrogen-bond donors (Lipinski definition) is 1. The van der Waals surface area contributed by atoms with Crippen LogP contribution in [0.3, 0.4) is 0 Å². The lowest BCUT2D eigenvalue weighted by Gasteiger charge is -2.41. The zero-order valence-corrected chi connectivity index (χ0v) is 28.1. The van der Waals surface area contributed by atoms with E-state index < -0.39 is 17.7 Å². The number of carbonyl (C=O) groups is 1. The van der Waals surface area contributed by atoms with Crippen LogP contribution in [0.4, 0.5) is 10.1 Å². The van der Waals surface area contributed by atoms with E-state index in [9.17, 15) is 14.3 Å². The van der Waals surface area contributed by atoms with E-state index in [-0.39, 0.29) is 11.2 Å². The summed E-state index contributed by atoms with van der Waals surface area (Å²) in [5, 5.41) is 10.5. The number of methoxy groups -OCH3 is 1. The number of halogens is 1. The smallest absolute Gasteiger partial charge is 0.337 e. The molecule has 1 atom stereocenters. The number of piperidine rings is 1. The highest BCUT2D eigenvalue weighted by molar-refractivity contribution is 5.88. The van der Waals surface area contributed by atoms with Crippen molar-refractivity contribution >= 4 is 11.7 Å². The predicted molar refractivity (Wildman–Crippen MR) is 176 cm³/mol. The van der Waals surface area contributed by atoms with Crippen molar-refractivity contribution in [2.45, 2.75) is 92.5 Å². The van der Waals surface area contributed by atoms with Crippen LogP contribution in [0.1, 0.15) is 87.2 Å². The zero-order chi connectivity index (χ0) is 32.7. The first-order valence-electron chi connectivity index (χ1n) is 16.0. The van der Waals surface area contributed by atoms with Gasteiger partial charge in [-0.15, -0.1) is 0 Å². The fourth-order valence-electron chi connectivity index (χ4n) is 6.76. The Balaban J connectivity index is 1.56. The number of ether oxygens (including phenoxy) is 2. The highest BCUT2D eigenvalue weighted by Crippen LogP contribution is 2.45. The summed E-state index contributed by atoms with van der Waals surface area (Å²) in [4.78, 5) is 22.4. The van der Waals surface area contributed by atoms with Gasteiger partial charge in [0, 0.05) is 60.8 Å². The van der Waals surface area contributed by atoms with Gasteiger partial charge in [0.25, 0.3) is 0 Å². The third kappa shape index (κ3) is 7.17. The zero-order valence-electron chi connectivity index (χ0n) is 28.1. The van der Waals surface area contributed by atoms with Crippen LogP contribution in [-0.2, 0) is 29.0 Å². The maximum Gasteiger partial charge on any atom is 0.337 e. The maximum absolute atomic E-state index is 14.7. The Hall–Kier alpha value is -3.49. The Morgan fingerprint density at radius 3 is 2.42 bits per heavy atom. The highest BCUT2D eigenvalue weighted by Gasteiger charge is 2.36. The van der Waals surface area contributed by atoms with Gasteiger partial charge in [-0.1, -0.05) is 38.1 Å². The minimum atomic E-state index is -1.15. The molecular formula is C37H48FN3O4. The third-order valence-corrected chi connectivity index (χ3v) is 9.23. The molecule has 8 heteroatoms. The van der Waals surface area contributed by atoms with Gasteiger partial charge in [-0.2, -0.15) is 0 Å². The number of aryl methyl sites for hydroxylation is 2. The first kappa shape index (κ1) is 32.9. The monoisotopic (exact) mass is 617 g/mol. The summed E-state index contributed by atoms with van der Waals surface area (Å²) in [5.41, 5.74) is 7.73. The molecule has 242 valence electrons. The molecule has 1 N–H and O–H groups in total. The molecule has 0 unspecified atom stereocenters. The van der Waals surface area contributed by atoms with Crippen molar-refractivity contribution in [3.63, 3.8) is 0 Å². The molecule has 0 saturated carbocycles. The second kappa shape index (κ2) is 12.7. The number of hydrogen-bond acceptors (Lipinski definition) is 6. The van der Waals surface area contributed by atoms with Crippen LogP contribution in [0, 0.1) is 25.1 Å². The largest absolute Gasteiger partial charge is 0.496 e. The molecule has 1 saturated heterocycles. The topological polar surface area (TPSA) is 75.1 Å². The summed E-state index contributed by atoms with van der Waals surface area (Å²) < 4.78 is 26.4. The molecule has 7 nitrogen and oxygen atoms in total. The van der Waals surface area contributed by atoms with Gasteiger partial charge in [0.2, 0.25) is 0 Å². The van der Waals surface area contributed by atoms with E-state index in [1.807, 2.05) is 34.6 Å². The van der Waals surface area contributed by atoms with Crippen LogP contribution in [0.5, 0.6) is 5.75 Å². The third-order valence-electron chi connectivity index (χ3n) is 9.23. The summed E-state index contributed by atoms with van der Waals surface area (Å²) in [5.74, 6) is -0.698. The van der Waals surface area contributed by atoms with Crippen LogP contribution in [0.2, 0.25) is 0 Å². The summed E-state index contributed by atoms with van der Waals surface area (Å²) in [7, 11) is 1.57. The van der Waals surface area contributed by atoms with Crippen LogP contribution >= 0.6 is 0 Å². The van der Waals surface area contributed by atoms with Crippen molar-refractivity contribution in [2.24, 2.45) is 5.41 Å². The predicted octanol–water partition coefficient (Wildman–Crippen LogP) is 7.64. The summed E-state index contributed by atoms with van der Waals surface area (Å²) >= 11 is 0. The number of carboxylic acids is 1. The highest BCUT2D eigenvalue weighted by atomic mass is 19.1. The first-order chi connectivity index (χ1) is 21.2. The van der Waals surface area contributed by atoms with Gasteiger partial charge in [-0.3, -0.25) is 9.88 Å². The second-order valence-corrected chi connectivity index (χ2v) is 14.4. The SMILES string of the molecule is COc1cccc(F)c1CN1CCc2cc(-c3c(C)nc(C)c([C@H](OC(C)(C)C)C(=O)O)c3N3CCC(C)(C)CC3)ccc2C1. The minimum absolute atomic E-state index is 0.229. The number of rotatable bonds is 8. The van der Waals surface area contributed by atoms with Gasteiger partial charge in [-0.25, -0.2) is 9.18 Å². The lowest BCUT2D eigenvalue weighted by atomic mass is 9.81. The van der Waals surface area contributed by atoms with E-state index in [1.54, 1.807) is 19.2 Å². The molecule has 0 spiro atoms. The van der Waals surface area contributed by atoms with Crippen molar-refractivity contribution < 1.29 is 23.8 Å². The Kier molecular flexibility index (Phi) is 9.30. The molecule has 5 rings (SSSR count). The molecule has 1 aromatic heterocycles. The van der Waals surface area contributed by atoms with Crippen molar-refractivity contribution in [2.75, 3.05) is 31.6 Å². The van der Waals surface area contributed by atoms with Gasteiger partial charge < -0.3 is 19.5 Å². The Morgan fingerprint density at radius 2 is 1.78 bits per heavy atom. The average molecular weight is 618 g/mol. The van der Waals surface area contributed by atoms with E-state index in [2.05, 4.69) is 41.8 Å². The molecule has 2 aliphatic rings. The molecule has 3 heterocycles. The van der Waals surface area contributed by atoms with Crippen LogP contribution in [0.25, 0.3) is 11.1 Å². The lowest BCUT2D eigenvalue weighted by Crippen LogP contribution is -2.39. The number of aliphatic carboxylic acids is 1. The molecule has 45 heavy (non-hydrogen) atoms. The Bertz CT molecular complexity index is 1570. The normalized spacial score (nSPS) is 17.6. The fourth-order valence-corrected chi connectivity index (χ4v) is 6.76. The molecule has 3 aromatic rings. The van der Waals surface area contributed by atoms with Crippen molar-refractivity contribution in [3.05, 3.63) is 75.9 Å². The molecule has 0 amide bonds. The van der Waals surface area contributed by atoms with Gasteiger partial charge in [0.15, 0.2) is 6.10 Å². The standard InChI is InChI=1S/C37H48FN3O4/c1-23-31(26-12-13-27-21-40(17-14-25(27)20-26)22-28-29(38)10-9-11-30(28)44-8)33(41-18-15-37(6,7)16-19-41)32(24(2)39-23)34(35(42)43)45-36(3,4)5/h9-13,20,34H,14-19,21-22H2,1-8H3,(H,42,43)/t34-/m0/s1.